The molecule has 0 radical (unpaired) electrons. The summed E-state index contributed by atoms with van der Waals surface area (Å²) < 4.78 is 5.13. The van der Waals surface area contributed by atoms with Crippen LogP contribution >= 0.6 is 0 Å². The summed E-state index contributed by atoms with van der Waals surface area (Å²) in [7, 11) is 0. The zero-order valence-corrected chi connectivity index (χ0v) is 13.2. The lowest BCUT2D eigenvalue weighted by atomic mass is 9.67. The molecule has 2 aliphatic rings. The maximum absolute atomic E-state index is 12.2. The molecule has 2 rings (SSSR count). The lowest BCUT2D eigenvalue weighted by Crippen LogP contribution is -2.32. The van der Waals surface area contributed by atoms with Gasteiger partial charge in [0.25, 0.3) is 0 Å². The van der Waals surface area contributed by atoms with Crippen LogP contribution in [0.3, 0.4) is 0 Å². The SMILES string of the molecule is C=C(C(=O)OCCO)C(C1CCCCC1)C1CCCCC1. The normalized spacial score (nSPS) is 21.4. The van der Waals surface area contributed by atoms with Gasteiger partial charge >= 0.3 is 5.97 Å². The quantitative estimate of drug-likeness (QED) is 0.598. The molecule has 2 fully saturated rings. The second-order valence-corrected chi connectivity index (χ2v) is 6.71. The van der Waals surface area contributed by atoms with Crippen LogP contribution in [0.5, 0.6) is 0 Å². The number of hydrogen-bond donors (Lipinski definition) is 1. The topological polar surface area (TPSA) is 46.5 Å². The van der Waals surface area contributed by atoms with Gasteiger partial charge in [-0.05, 0) is 43.4 Å². The summed E-state index contributed by atoms with van der Waals surface area (Å²) in [4.78, 5) is 12.2. The van der Waals surface area contributed by atoms with Crippen molar-refractivity contribution in [3.05, 3.63) is 12.2 Å². The van der Waals surface area contributed by atoms with Gasteiger partial charge in [0.15, 0.2) is 0 Å². The van der Waals surface area contributed by atoms with Crippen LogP contribution in [0.1, 0.15) is 64.2 Å². The predicted molar refractivity (Wildman–Crippen MR) is 83.8 cm³/mol. The Morgan fingerprint density at radius 2 is 1.48 bits per heavy atom. The summed E-state index contributed by atoms with van der Waals surface area (Å²) in [6, 6.07) is 0. The molecular formula is C18H30O3. The average Bonchev–Trinajstić information content (AvgIpc) is 2.54. The molecule has 0 unspecified atom stereocenters. The Labute approximate surface area is 128 Å². The Morgan fingerprint density at radius 3 is 1.90 bits per heavy atom. The zero-order chi connectivity index (χ0) is 15.1. The molecule has 0 bridgehead atoms. The first-order chi connectivity index (χ1) is 10.2. The minimum Gasteiger partial charge on any atom is -0.460 e. The molecule has 3 heteroatoms. The molecule has 21 heavy (non-hydrogen) atoms. The van der Waals surface area contributed by atoms with Crippen LogP contribution < -0.4 is 0 Å². The third-order valence-electron chi connectivity index (χ3n) is 5.30. The first-order valence-electron chi connectivity index (χ1n) is 8.71. The van der Waals surface area contributed by atoms with Gasteiger partial charge in [0.2, 0.25) is 0 Å². The lowest BCUT2D eigenvalue weighted by Gasteiger charge is -2.38. The fraction of sp³-hybridized carbons (Fsp3) is 0.833. The summed E-state index contributed by atoms with van der Waals surface area (Å²) in [5.74, 6) is 1.23. The Kier molecular flexibility index (Phi) is 6.75. The molecule has 120 valence electrons. The highest BCUT2D eigenvalue weighted by Gasteiger charge is 2.35. The molecule has 0 aromatic carbocycles. The van der Waals surface area contributed by atoms with E-state index < -0.39 is 0 Å². The van der Waals surface area contributed by atoms with Crippen LogP contribution in [0.2, 0.25) is 0 Å². The fourth-order valence-electron chi connectivity index (χ4n) is 4.31. The van der Waals surface area contributed by atoms with Crippen LogP contribution in [-0.4, -0.2) is 24.3 Å². The number of carbonyl (C=O) groups is 1. The average molecular weight is 294 g/mol. The maximum Gasteiger partial charge on any atom is 0.333 e. The molecule has 0 aliphatic heterocycles. The molecule has 0 heterocycles. The van der Waals surface area contributed by atoms with Crippen molar-refractivity contribution in [2.24, 2.45) is 17.8 Å². The van der Waals surface area contributed by atoms with Crippen LogP contribution in [-0.2, 0) is 9.53 Å². The Bertz CT molecular complexity index is 320. The molecule has 1 N–H and O–H groups in total. The van der Waals surface area contributed by atoms with E-state index in [1.807, 2.05) is 0 Å². The van der Waals surface area contributed by atoms with Gasteiger partial charge in [0.1, 0.15) is 6.61 Å². The van der Waals surface area contributed by atoms with Crippen molar-refractivity contribution in [2.75, 3.05) is 13.2 Å². The van der Waals surface area contributed by atoms with E-state index in [1.54, 1.807) is 0 Å². The Hall–Kier alpha value is -0.830. The summed E-state index contributed by atoms with van der Waals surface area (Å²) in [6.45, 7) is 4.07. The molecule has 0 aromatic rings. The summed E-state index contributed by atoms with van der Waals surface area (Å²) >= 11 is 0. The van der Waals surface area contributed by atoms with E-state index >= 15 is 0 Å². The number of aliphatic hydroxyl groups excluding tert-OH is 1. The molecule has 0 amide bonds. The summed E-state index contributed by atoms with van der Waals surface area (Å²) in [5.41, 5.74) is 0.669. The van der Waals surface area contributed by atoms with Gasteiger partial charge in [-0.3, -0.25) is 0 Å². The second-order valence-electron chi connectivity index (χ2n) is 6.71. The fourth-order valence-corrected chi connectivity index (χ4v) is 4.31. The van der Waals surface area contributed by atoms with E-state index in [0.29, 0.717) is 23.3 Å². The largest absolute Gasteiger partial charge is 0.460 e. The predicted octanol–water partition coefficient (Wildman–Crippen LogP) is 3.85. The van der Waals surface area contributed by atoms with E-state index in [9.17, 15) is 4.79 Å². The number of rotatable bonds is 6. The van der Waals surface area contributed by atoms with Gasteiger partial charge in [0, 0.05) is 5.57 Å². The van der Waals surface area contributed by atoms with Crippen LogP contribution in [0.4, 0.5) is 0 Å². The van der Waals surface area contributed by atoms with E-state index in [-0.39, 0.29) is 19.2 Å². The highest BCUT2D eigenvalue weighted by atomic mass is 16.5. The molecule has 0 spiro atoms. The second kappa shape index (κ2) is 8.57. The monoisotopic (exact) mass is 294 g/mol. The minimum absolute atomic E-state index is 0.0832. The smallest absolute Gasteiger partial charge is 0.333 e. The lowest BCUT2D eigenvalue weighted by molar-refractivity contribution is -0.141. The van der Waals surface area contributed by atoms with Crippen molar-refractivity contribution in [2.45, 2.75) is 64.2 Å². The highest BCUT2D eigenvalue weighted by molar-refractivity contribution is 5.88. The van der Waals surface area contributed by atoms with Gasteiger partial charge in [-0.25, -0.2) is 4.79 Å². The molecule has 2 aliphatic carbocycles. The Morgan fingerprint density at radius 1 is 1.00 bits per heavy atom. The van der Waals surface area contributed by atoms with Crippen LogP contribution in [0, 0.1) is 17.8 Å². The molecule has 2 saturated carbocycles. The van der Waals surface area contributed by atoms with Gasteiger partial charge in [-0.15, -0.1) is 0 Å². The first-order valence-corrected chi connectivity index (χ1v) is 8.71. The van der Waals surface area contributed by atoms with Gasteiger partial charge in [-0.2, -0.15) is 0 Å². The zero-order valence-electron chi connectivity index (χ0n) is 13.2. The Balaban J connectivity index is 2.05. The van der Waals surface area contributed by atoms with Crippen molar-refractivity contribution < 1.29 is 14.6 Å². The van der Waals surface area contributed by atoms with E-state index in [4.69, 9.17) is 9.84 Å². The maximum atomic E-state index is 12.2. The van der Waals surface area contributed by atoms with Crippen molar-refractivity contribution in [1.82, 2.24) is 0 Å². The van der Waals surface area contributed by atoms with Crippen molar-refractivity contribution in [1.29, 1.82) is 0 Å². The van der Waals surface area contributed by atoms with Gasteiger partial charge in [-0.1, -0.05) is 45.1 Å². The number of aliphatic hydroxyl groups is 1. The number of esters is 1. The number of ether oxygens (including phenoxy) is 1. The standard InChI is InChI=1S/C18H30O3/c1-14(18(20)21-13-12-19)17(15-8-4-2-5-9-15)16-10-6-3-7-11-16/h15-17,19H,1-13H2. The van der Waals surface area contributed by atoms with Gasteiger partial charge in [0.05, 0.1) is 6.61 Å². The summed E-state index contributed by atoms with van der Waals surface area (Å²) in [5, 5.41) is 8.83. The van der Waals surface area contributed by atoms with Crippen molar-refractivity contribution >= 4 is 5.97 Å². The molecule has 3 nitrogen and oxygen atoms in total. The minimum atomic E-state index is -0.287. The number of carbonyl (C=O) groups excluding carboxylic acids is 1. The van der Waals surface area contributed by atoms with Crippen molar-refractivity contribution in [3.63, 3.8) is 0 Å². The molecule has 0 aromatic heterocycles. The van der Waals surface area contributed by atoms with Crippen LogP contribution in [0.25, 0.3) is 0 Å². The number of hydrogen-bond acceptors (Lipinski definition) is 3. The third-order valence-corrected chi connectivity index (χ3v) is 5.30. The summed E-state index contributed by atoms with van der Waals surface area (Å²) in [6.07, 6.45) is 12.7. The van der Waals surface area contributed by atoms with Gasteiger partial charge < -0.3 is 9.84 Å². The third kappa shape index (κ3) is 4.57. The first kappa shape index (κ1) is 16.5. The molecular weight excluding hydrogens is 264 g/mol. The van der Waals surface area contributed by atoms with Crippen molar-refractivity contribution in [3.8, 4) is 0 Å². The van der Waals surface area contributed by atoms with E-state index in [1.165, 1.54) is 64.2 Å². The van der Waals surface area contributed by atoms with E-state index in [0.717, 1.165) is 0 Å². The highest BCUT2D eigenvalue weighted by Crippen LogP contribution is 2.43. The van der Waals surface area contributed by atoms with E-state index in [2.05, 4.69) is 6.58 Å². The van der Waals surface area contributed by atoms with Crippen LogP contribution in [0.15, 0.2) is 12.2 Å². The molecule has 0 saturated heterocycles. The molecule has 0 atom stereocenters.